The van der Waals surface area contributed by atoms with Crippen molar-refractivity contribution in [1.29, 1.82) is 5.26 Å². The third-order valence-corrected chi connectivity index (χ3v) is 3.41. The summed E-state index contributed by atoms with van der Waals surface area (Å²) in [5.41, 5.74) is 0.206. The number of rotatable bonds is 5. The number of amides is 1. The summed E-state index contributed by atoms with van der Waals surface area (Å²) in [7, 11) is 0. The van der Waals surface area contributed by atoms with E-state index in [9.17, 15) is 9.59 Å². The van der Waals surface area contributed by atoms with Crippen molar-refractivity contribution < 1.29 is 14.3 Å². The number of ether oxygens (including phenoxy) is 1. The second-order valence-corrected chi connectivity index (χ2v) is 5.87. The van der Waals surface area contributed by atoms with Crippen LogP contribution in [0.25, 0.3) is 0 Å². The van der Waals surface area contributed by atoms with Crippen molar-refractivity contribution in [2.75, 3.05) is 0 Å². The number of hydrogen-bond donors (Lipinski definition) is 1. The summed E-state index contributed by atoms with van der Waals surface area (Å²) >= 11 is 11.7. The van der Waals surface area contributed by atoms with Gasteiger partial charge in [-0.05, 0) is 31.0 Å². The van der Waals surface area contributed by atoms with Gasteiger partial charge in [0.2, 0.25) is 0 Å². The van der Waals surface area contributed by atoms with Gasteiger partial charge in [-0.2, -0.15) is 5.26 Å². The minimum Gasteiger partial charge on any atom is -0.446 e. The summed E-state index contributed by atoms with van der Waals surface area (Å²) in [5, 5.41) is 11.8. The van der Waals surface area contributed by atoms with Crippen molar-refractivity contribution in [3.63, 3.8) is 0 Å². The van der Waals surface area contributed by atoms with Crippen LogP contribution in [0.1, 0.15) is 31.1 Å². The largest absolute Gasteiger partial charge is 0.446 e. The molecule has 1 aromatic carbocycles. The van der Waals surface area contributed by atoms with Gasteiger partial charge in [0.1, 0.15) is 12.1 Å². The number of carbonyl (C=O) groups excluding carboxylic acids is 2. The molecule has 0 spiro atoms. The molecule has 0 aliphatic carbocycles. The molecule has 0 saturated carbocycles. The van der Waals surface area contributed by atoms with Crippen LogP contribution in [0.3, 0.4) is 0 Å². The smallest absolute Gasteiger partial charge is 0.330 e. The Morgan fingerprint density at radius 2 is 1.91 bits per heavy atom. The summed E-state index contributed by atoms with van der Waals surface area (Å²) in [5.74, 6) is -1.39. The molecule has 5 nitrogen and oxygen atoms in total. The molecule has 0 fully saturated rings. The van der Waals surface area contributed by atoms with Crippen molar-refractivity contribution in [3.8, 4) is 6.07 Å². The minimum absolute atomic E-state index is 0.186. The molecule has 0 radical (unpaired) electrons. The Morgan fingerprint density at radius 3 is 2.41 bits per heavy atom. The lowest BCUT2D eigenvalue weighted by molar-refractivity contribution is -0.149. The molecule has 2 atom stereocenters. The van der Waals surface area contributed by atoms with Crippen LogP contribution in [-0.2, 0) is 9.53 Å². The van der Waals surface area contributed by atoms with E-state index < -0.39 is 24.0 Å². The van der Waals surface area contributed by atoms with Crippen LogP contribution in [0.5, 0.6) is 0 Å². The molecule has 1 amide bonds. The van der Waals surface area contributed by atoms with Crippen LogP contribution in [0.2, 0.25) is 10.0 Å². The highest BCUT2D eigenvalue weighted by atomic mass is 35.5. The number of carbonyl (C=O) groups is 2. The van der Waals surface area contributed by atoms with Gasteiger partial charge in [0.25, 0.3) is 5.91 Å². The molecule has 0 unspecified atom stereocenters. The first kappa shape index (κ1) is 18.3. The lowest BCUT2D eigenvalue weighted by atomic mass is 10.0. The topological polar surface area (TPSA) is 79.2 Å². The summed E-state index contributed by atoms with van der Waals surface area (Å²) in [6, 6.07) is 5.37. The predicted molar refractivity (Wildman–Crippen MR) is 83.7 cm³/mol. The molecule has 1 aromatic rings. The van der Waals surface area contributed by atoms with Crippen molar-refractivity contribution in [1.82, 2.24) is 5.32 Å². The Balaban J connectivity index is 2.89. The number of nitriles is 1. The van der Waals surface area contributed by atoms with Gasteiger partial charge in [0.05, 0.1) is 10.6 Å². The molecular formula is C15H16Cl2N2O3. The van der Waals surface area contributed by atoms with E-state index in [1.165, 1.54) is 25.1 Å². The van der Waals surface area contributed by atoms with Crippen LogP contribution < -0.4 is 5.32 Å². The zero-order valence-corrected chi connectivity index (χ0v) is 13.9. The van der Waals surface area contributed by atoms with Crippen molar-refractivity contribution >= 4 is 35.1 Å². The van der Waals surface area contributed by atoms with E-state index in [0.29, 0.717) is 5.02 Å². The SMILES string of the molecule is CC(C)[C@H](NC(=O)c1ccc(Cl)cc1Cl)C(=O)O[C@H](C)C#N. The van der Waals surface area contributed by atoms with Crippen LogP contribution in [0.4, 0.5) is 0 Å². The summed E-state index contributed by atoms with van der Waals surface area (Å²) in [4.78, 5) is 24.3. The fraction of sp³-hybridized carbons (Fsp3) is 0.400. The van der Waals surface area contributed by atoms with Gasteiger partial charge in [-0.1, -0.05) is 37.0 Å². The van der Waals surface area contributed by atoms with Gasteiger partial charge in [-0.15, -0.1) is 0 Å². The van der Waals surface area contributed by atoms with Gasteiger partial charge in [-0.25, -0.2) is 4.79 Å². The van der Waals surface area contributed by atoms with E-state index in [1.807, 2.05) is 0 Å². The average Bonchev–Trinajstić information content (AvgIpc) is 2.43. The third-order valence-electron chi connectivity index (χ3n) is 2.86. The summed E-state index contributed by atoms with van der Waals surface area (Å²) < 4.78 is 4.94. The fourth-order valence-electron chi connectivity index (χ4n) is 1.66. The summed E-state index contributed by atoms with van der Waals surface area (Å²) in [6.07, 6.45) is -0.884. The van der Waals surface area contributed by atoms with E-state index >= 15 is 0 Å². The standard InChI is InChI=1S/C15H16Cl2N2O3/c1-8(2)13(15(21)22-9(3)7-18)19-14(20)11-5-4-10(16)6-12(11)17/h4-6,8-9,13H,1-3H3,(H,19,20)/t9-,13+/m1/s1. The molecule has 0 saturated heterocycles. The predicted octanol–water partition coefficient (Wildman–Crippen LogP) is 3.20. The Morgan fingerprint density at radius 1 is 1.27 bits per heavy atom. The number of nitrogens with zero attached hydrogens (tertiary/aromatic N) is 1. The first-order chi connectivity index (χ1) is 10.3. The second-order valence-electron chi connectivity index (χ2n) is 5.03. The van der Waals surface area contributed by atoms with Gasteiger partial charge in [-0.3, -0.25) is 4.79 Å². The van der Waals surface area contributed by atoms with Crippen LogP contribution in [0.15, 0.2) is 18.2 Å². The van der Waals surface area contributed by atoms with E-state index in [1.54, 1.807) is 19.9 Å². The maximum atomic E-state index is 12.2. The lowest BCUT2D eigenvalue weighted by Crippen LogP contribution is -2.46. The number of hydrogen-bond acceptors (Lipinski definition) is 4. The number of halogens is 2. The Hall–Kier alpha value is -1.77. The minimum atomic E-state index is -0.884. The lowest BCUT2D eigenvalue weighted by Gasteiger charge is -2.21. The molecule has 118 valence electrons. The maximum absolute atomic E-state index is 12.2. The quantitative estimate of drug-likeness (QED) is 0.833. The summed E-state index contributed by atoms with van der Waals surface area (Å²) in [6.45, 7) is 4.96. The zero-order chi connectivity index (χ0) is 16.9. The normalized spacial score (nSPS) is 13.1. The molecule has 1 rings (SSSR count). The van der Waals surface area contributed by atoms with Crippen molar-refractivity contribution in [2.24, 2.45) is 5.92 Å². The highest BCUT2D eigenvalue weighted by Crippen LogP contribution is 2.21. The Kier molecular flexibility index (Phi) is 6.66. The molecule has 0 aromatic heterocycles. The van der Waals surface area contributed by atoms with Crippen LogP contribution in [0, 0.1) is 17.2 Å². The number of benzene rings is 1. The maximum Gasteiger partial charge on any atom is 0.330 e. The molecule has 1 N–H and O–H groups in total. The Bertz CT molecular complexity index is 611. The fourth-order valence-corrected chi connectivity index (χ4v) is 2.16. The first-order valence-electron chi connectivity index (χ1n) is 6.62. The molecule has 7 heteroatoms. The highest BCUT2D eigenvalue weighted by Gasteiger charge is 2.28. The van der Waals surface area contributed by atoms with Gasteiger partial charge < -0.3 is 10.1 Å². The van der Waals surface area contributed by atoms with Crippen LogP contribution >= 0.6 is 23.2 Å². The third kappa shape index (κ3) is 4.90. The molecule has 0 heterocycles. The van der Waals surface area contributed by atoms with Crippen molar-refractivity contribution in [3.05, 3.63) is 33.8 Å². The monoisotopic (exact) mass is 342 g/mol. The van der Waals surface area contributed by atoms with Crippen LogP contribution in [-0.4, -0.2) is 24.0 Å². The zero-order valence-electron chi connectivity index (χ0n) is 12.4. The second kappa shape index (κ2) is 8.02. The number of esters is 1. The highest BCUT2D eigenvalue weighted by molar-refractivity contribution is 6.36. The van der Waals surface area contributed by atoms with Gasteiger partial charge >= 0.3 is 5.97 Å². The Labute approximate surface area is 139 Å². The van der Waals surface area contributed by atoms with Gasteiger partial charge in [0.15, 0.2) is 6.10 Å². The molecule has 22 heavy (non-hydrogen) atoms. The molecular weight excluding hydrogens is 327 g/mol. The molecule has 0 bridgehead atoms. The van der Waals surface area contributed by atoms with Crippen molar-refractivity contribution in [2.45, 2.75) is 32.9 Å². The van der Waals surface area contributed by atoms with E-state index in [-0.39, 0.29) is 16.5 Å². The first-order valence-corrected chi connectivity index (χ1v) is 7.38. The van der Waals surface area contributed by atoms with E-state index in [0.717, 1.165) is 0 Å². The average molecular weight is 343 g/mol. The van der Waals surface area contributed by atoms with Gasteiger partial charge in [0, 0.05) is 5.02 Å². The van der Waals surface area contributed by atoms with E-state index in [2.05, 4.69) is 5.32 Å². The molecule has 0 aliphatic rings. The number of nitrogens with one attached hydrogen (secondary N) is 1. The van der Waals surface area contributed by atoms with E-state index in [4.69, 9.17) is 33.2 Å². The molecule has 0 aliphatic heterocycles.